The van der Waals surface area contributed by atoms with E-state index in [-0.39, 0.29) is 22.3 Å². The normalized spacial score (nSPS) is 13.6. The lowest BCUT2D eigenvalue weighted by atomic mass is 9.85. The van der Waals surface area contributed by atoms with Crippen LogP contribution in [-0.2, 0) is 0 Å². The zero-order valence-electron chi connectivity index (χ0n) is 31.6. The summed E-state index contributed by atoms with van der Waals surface area (Å²) in [5, 5.41) is 0.617. The maximum atomic E-state index is 14.1. The number of hydrogen-bond donors (Lipinski definition) is 0. The number of anilines is 2. The van der Waals surface area contributed by atoms with Gasteiger partial charge in [-0.15, -0.1) is 0 Å². The molecule has 0 N–H and O–H groups in total. The fourth-order valence-electron chi connectivity index (χ4n) is 7.62. The topological polar surface area (TPSA) is 125 Å². The minimum absolute atomic E-state index is 0.239. The van der Waals surface area contributed by atoms with E-state index in [1.165, 1.54) is 0 Å². The average molecular weight is 779 g/mol. The van der Waals surface area contributed by atoms with E-state index in [1.54, 1.807) is 73.4 Å². The van der Waals surface area contributed by atoms with Crippen molar-refractivity contribution in [3.05, 3.63) is 204 Å². The second-order valence-electron chi connectivity index (χ2n) is 14.2. The number of amides is 4. The van der Waals surface area contributed by atoms with E-state index in [4.69, 9.17) is 0 Å². The fraction of sp³-hybridized carbons (Fsp3) is 0. The summed E-state index contributed by atoms with van der Waals surface area (Å²) in [6.07, 6.45) is 6.84. The molecule has 0 radical (unpaired) electrons. The standard InChI is InChI=1S/C50H30N6O4/c57-47-41-23-25-43-46-44(50(60)56(49(43)59)40-21-13-34(14-22-40)32-9-17-36(18-10-32)54-30-38-6-2-4-28-52-38)26-24-42(45(41)46)48(58)55(47)39-19-11-33(12-20-39)31-7-15-35(16-8-31)53-29-37-5-1-3-27-51-37/h1-30H. The molecule has 284 valence electrons. The molecule has 60 heavy (non-hydrogen) atoms. The molecule has 0 saturated heterocycles. The van der Waals surface area contributed by atoms with Gasteiger partial charge in [0.1, 0.15) is 0 Å². The first-order valence-electron chi connectivity index (χ1n) is 19.1. The molecule has 10 nitrogen and oxygen atoms in total. The number of carbonyl (C=O) groups is 4. The first-order chi connectivity index (χ1) is 29.4. The van der Waals surface area contributed by atoms with Gasteiger partial charge in [0.2, 0.25) is 0 Å². The Bertz CT molecular complexity index is 2790. The van der Waals surface area contributed by atoms with Crippen LogP contribution in [0.3, 0.4) is 0 Å². The van der Waals surface area contributed by atoms with E-state index in [0.717, 1.165) is 54.8 Å². The van der Waals surface area contributed by atoms with Gasteiger partial charge in [-0.2, -0.15) is 0 Å². The first kappa shape index (κ1) is 35.9. The number of hydrogen-bond acceptors (Lipinski definition) is 8. The van der Waals surface area contributed by atoms with Gasteiger partial charge >= 0.3 is 0 Å². The third-order valence-electron chi connectivity index (χ3n) is 10.6. The molecule has 2 aromatic heterocycles. The number of rotatable bonds is 8. The van der Waals surface area contributed by atoms with E-state index < -0.39 is 23.6 Å². The largest absolute Gasteiger partial charge is 0.268 e. The molecule has 0 unspecified atom stereocenters. The molecule has 10 heteroatoms. The van der Waals surface area contributed by atoms with E-state index in [9.17, 15) is 19.2 Å². The highest BCUT2D eigenvalue weighted by molar-refractivity contribution is 6.42. The SMILES string of the molecule is O=C1c2ccc3c4c(ccc(c24)C(=O)N1c1ccc(-c2ccc(N=Cc4ccccn4)cc2)cc1)C(=O)N(c1ccc(-c2ccc(N=Cc4ccccn4)cc2)cc1)C3=O. The van der Waals surface area contributed by atoms with Crippen molar-refractivity contribution in [1.29, 1.82) is 0 Å². The zero-order valence-corrected chi connectivity index (χ0v) is 31.6. The third-order valence-corrected chi connectivity index (χ3v) is 10.6. The Morgan fingerprint density at radius 1 is 0.367 bits per heavy atom. The van der Waals surface area contributed by atoms with Crippen LogP contribution in [0.25, 0.3) is 33.0 Å². The highest BCUT2D eigenvalue weighted by Crippen LogP contribution is 2.41. The van der Waals surface area contributed by atoms with Crippen molar-refractivity contribution in [2.24, 2.45) is 9.98 Å². The lowest BCUT2D eigenvalue weighted by molar-refractivity contribution is 0.0873. The van der Waals surface area contributed by atoms with Gasteiger partial charge in [-0.25, -0.2) is 9.80 Å². The average Bonchev–Trinajstić information content (AvgIpc) is 3.30. The van der Waals surface area contributed by atoms with Crippen molar-refractivity contribution in [2.45, 2.75) is 0 Å². The Balaban J connectivity index is 0.880. The molecule has 0 aliphatic carbocycles. The molecule has 6 aromatic carbocycles. The van der Waals surface area contributed by atoms with Gasteiger partial charge in [0.25, 0.3) is 23.6 Å². The summed E-state index contributed by atoms with van der Waals surface area (Å²) in [7, 11) is 0. The molecule has 0 spiro atoms. The van der Waals surface area contributed by atoms with Gasteiger partial charge in [0, 0.05) is 45.4 Å². The third kappa shape index (κ3) is 6.34. The molecule has 8 aromatic rings. The van der Waals surface area contributed by atoms with E-state index >= 15 is 0 Å². The summed E-state index contributed by atoms with van der Waals surface area (Å²) in [5.74, 6) is -2.15. The molecule has 10 rings (SSSR count). The van der Waals surface area contributed by atoms with Crippen LogP contribution < -0.4 is 9.80 Å². The summed E-state index contributed by atoms with van der Waals surface area (Å²) < 4.78 is 0. The molecular weight excluding hydrogens is 749 g/mol. The number of pyridine rings is 2. The Morgan fingerprint density at radius 3 is 0.983 bits per heavy atom. The highest BCUT2D eigenvalue weighted by Gasteiger charge is 2.40. The van der Waals surface area contributed by atoms with Crippen molar-refractivity contribution < 1.29 is 19.2 Å². The highest BCUT2D eigenvalue weighted by atomic mass is 16.2. The maximum absolute atomic E-state index is 14.1. The van der Waals surface area contributed by atoms with E-state index in [2.05, 4.69) is 20.0 Å². The number of aromatic nitrogens is 2. The smallest absolute Gasteiger partial charge is 0.265 e. The predicted octanol–water partition coefficient (Wildman–Crippen LogP) is 10.1. The molecule has 2 aliphatic rings. The van der Waals surface area contributed by atoms with Crippen LogP contribution in [0.2, 0.25) is 0 Å². The molecular formula is C50H30N6O4. The van der Waals surface area contributed by atoms with Crippen molar-refractivity contribution in [1.82, 2.24) is 9.97 Å². The van der Waals surface area contributed by atoms with Gasteiger partial charge in [-0.3, -0.25) is 39.1 Å². The van der Waals surface area contributed by atoms with Crippen LogP contribution in [0.4, 0.5) is 22.7 Å². The van der Waals surface area contributed by atoms with Crippen LogP contribution in [0.5, 0.6) is 0 Å². The van der Waals surface area contributed by atoms with Crippen molar-refractivity contribution in [3.8, 4) is 22.3 Å². The summed E-state index contributed by atoms with van der Waals surface area (Å²) in [4.78, 5) is 76.2. The van der Waals surface area contributed by atoms with Crippen molar-refractivity contribution >= 4 is 69.6 Å². The molecule has 0 fully saturated rings. The molecule has 0 bridgehead atoms. The summed E-state index contributed by atoms with van der Waals surface area (Å²) in [6.45, 7) is 0. The second kappa shape index (κ2) is 14.8. The van der Waals surface area contributed by atoms with E-state index in [1.807, 2.05) is 109 Å². The number of imide groups is 2. The van der Waals surface area contributed by atoms with Crippen LogP contribution in [-0.4, -0.2) is 46.0 Å². The molecule has 0 atom stereocenters. The van der Waals surface area contributed by atoms with Gasteiger partial charge in [-0.05, 0) is 119 Å². The summed E-state index contributed by atoms with van der Waals surface area (Å²) in [6, 6.07) is 47.3. The Morgan fingerprint density at radius 2 is 0.683 bits per heavy atom. The minimum Gasteiger partial charge on any atom is -0.268 e. The van der Waals surface area contributed by atoms with Crippen molar-refractivity contribution in [3.63, 3.8) is 0 Å². The van der Waals surface area contributed by atoms with Gasteiger partial charge in [0.15, 0.2) is 0 Å². The number of benzene rings is 6. The number of nitrogens with zero attached hydrogens (tertiary/aromatic N) is 6. The van der Waals surface area contributed by atoms with E-state index in [0.29, 0.717) is 22.1 Å². The monoisotopic (exact) mass is 778 g/mol. The van der Waals surface area contributed by atoms with Gasteiger partial charge in [-0.1, -0.05) is 60.7 Å². The quantitative estimate of drug-likeness (QED) is 0.112. The van der Waals surface area contributed by atoms with Crippen LogP contribution >= 0.6 is 0 Å². The van der Waals surface area contributed by atoms with Crippen LogP contribution in [0, 0.1) is 0 Å². The second-order valence-corrected chi connectivity index (χ2v) is 14.2. The predicted molar refractivity (Wildman–Crippen MR) is 233 cm³/mol. The Labute approximate surface area is 343 Å². The number of aliphatic imine (C=N–C) groups is 2. The first-order valence-corrected chi connectivity index (χ1v) is 19.1. The molecule has 0 saturated carbocycles. The zero-order chi connectivity index (χ0) is 40.7. The van der Waals surface area contributed by atoms with Gasteiger partial charge < -0.3 is 0 Å². The summed E-state index contributed by atoms with van der Waals surface area (Å²) in [5.41, 5.74) is 8.49. The lowest BCUT2D eigenvalue weighted by Gasteiger charge is -2.32. The fourth-order valence-corrected chi connectivity index (χ4v) is 7.62. The Hall–Kier alpha value is -8.50. The van der Waals surface area contributed by atoms with Crippen LogP contribution in [0.1, 0.15) is 52.8 Å². The maximum Gasteiger partial charge on any atom is 0.265 e. The number of carbonyl (C=O) groups excluding carboxylic acids is 4. The van der Waals surface area contributed by atoms with Gasteiger partial charge in [0.05, 0.1) is 46.6 Å². The van der Waals surface area contributed by atoms with Crippen molar-refractivity contribution in [2.75, 3.05) is 9.80 Å². The summed E-state index contributed by atoms with van der Waals surface area (Å²) >= 11 is 0. The Kier molecular flexibility index (Phi) is 8.84. The molecule has 4 amide bonds. The lowest BCUT2D eigenvalue weighted by Crippen LogP contribution is -2.43. The molecule has 4 heterocycles. The minimum atomic E-state index is -0.537. The molecule has 2 aliphatic heterocycles. The van der Waals surface area contributed by atoms with Crippen LogP contribution in [0.15, 0.2) is 180 Å².